The van der Waals surface area contributed by atoms with E-state index in [2.05, 4.69) is 10.6 Å². The molecule has 1 aromatic rings. The molecule has 0 aliphatic carbocycles. The lowest BCUT2D eigenvalue weighted by molar-refractivity contribution is -0.133. The van der Waals surface area contributed by atoms with Gasteiger partial charge in [-0.2, -0.15) is 0 Å². The summed E-state index contributed by atoms with van der Waals surface area (Å²) in [5.74, 6) is -0.902. The first-order chi connectivity index (χ1) is 11.6. The van der Waals surface area contributed by atoms with Crippen LogP contribution in [0, 0.1) is 18.7 Å². The Bertz CT molecular complexity index is 705. The number of aryl methyl sites for hydroxylation is 1. The number of anilines is 1. The Hall–Kier alpha value is -2.44. The zero-order valence-corrected chi connectivity index (χ0v) is 15.0. The number of carbonyl (C=O) groups is 3. The molecular formula is C18H24FN3O3. The predicted molar refractivity (Wildman–Crippen MR) is 92.5 cm³/mol. The number of carbonyl (C=O) groups excluding carboxylic acids is 3. The maximum Gasteiger partial charge on any atom is 0.325 e. The highest BCUT2D eigenvalue weighted by atomic mass is 19.1. The van der Waals surface area contributed by atoms with Crippen LogP contribution in [0.1, 0.15) is 39.2 Å². The van der Waals surface area contributed by atoms with Crippen molar-refractivity contribution in [2.45, 2.75) is 46.1 Å². The van der Waals surface area contributed by atoms with Crippen molar-refractivity contribution in [2.75, 3.05) is 11.9 Å². The molecule has 25 heavy (non-hydrogen) atoms. The normalized spacial score (nSPS) is 20.2. The van der Waals surface area contributed by atoms with Gasteiger partial charge in [0, 0.05) is 5.69 Å². The average molecular weight is 349 g/mol. The summed E-state index contributed by atoms with van der Waals surface area (Å²) in [4.78, 5) is 37.8. The molecular weight excluding hydrogens is 325 g/mol. The van der Waals surface area contributed by atoms with Crippen LogP contribution in [0.5, 0.6) is 0 Å². The molecule has 0 bridgehead atoms. The first-order valence-corrected chi connectivity index (χ1v) is 8.32. The van der Waals surface area contributed by atoms with Crippen LogP contribution in [-0.4, -0.2) is 34.8 Å². The monoisotopic (exact) mass is 349 g/mol. The van der Waals surface area contributed by atoms with Gasteiger partial charge in [0.15, 0.2) is 0 Å². The molecule has 0 spiro atoms. The third-order valence-corrected chi connectivity index (χ3v) is 4.33. The van der Waals surface area contributed by atoms with Crippen LogP contribution in [0.3, 0.4) is 0 Å². The number of nitrogens with zero attached hydrogens (tertiary/aromatic N) is 1. The van der Waals surface area contributed by atoms with E-state index in [-0.39, 0.29) is 6.54 Å². The molecule has 4 amide bonds. The largest absolute Gasteiger partial charge is 0.325 e. The molecule has 136 valence electrons. The van der Waals surface area contributed by atoms with Crippen LogP contribution in [0.25, 0.3) is 0 Å². The van der Waals surface area contributed by atoms with Crippen molar-refractivity contribution in [1.29, 1.82) is 0 Å². The van der Waals surface area contributed by atoms with Crippen molar-refractivity contribution < 1.29 is 18.8 Å². The van der Waals surface area contributed by atoms with Gasteiger partial charge in [0.05, 0.1) is 0 Å². The third kappa shape index (κ3) is 4.35. The molecule has 0 saturated carbocycles. The number of rotatable bonds is 6. The lowest BCUT2D eigenvalue weighted by Gasteiger charge is -2.22. The summed E-state index contributed by atoms with van der Waals surface area (Å²) in [5, 5.41) is 5.28. The Labute approximate surface area is 146 Å². The molecule has 1 aromatic carbocycles. The molecule has 7 heteroatoms. The molecule has 1 saturated heterocycles. The van der Waals surface area contributed by atoms with Crippen molar-refractivity contribution >= 4 is 23.5 Å². The van der Waals surface area contributed by atoms with Crippen LogP contribution in [-0.2, 0) is 9.59 Å². The van der Waals surface area contributed by atoms with E-state index in [1.165, 1.54) is 18.2 Å². The summed E-state index contributed by atoms with van der Waals surface area (Å²) in [6, 6.07) is 3.41. The average Bonchev–Trinajstić information content (AvgIpc) is 2.72. The third-order valence-electron chi connectivity index (χ3n) is 4.33. The molecule has 1 fully saturated rings. The van der Waals surface area contributed by atoms with Gasteiger partial charge in [-0.15, -0.1) is 0 Å². The van der Waals surface area contributed by atoms with Gasteiger partial charge < -0.3 is 10.6 Å². The minimum atomic E-state index is -0.979. The first kappa shape index (κ1) is 18.9. The summed E-state index contributed by atoms with van der Waals surface area (Å²) >= 11 is 0. The molecule has 1 atom stereocenters. The summed E-state index contributed by atoms with van der Waals surface area (Å²) in [6.07, 6.45) is 1.31. The number of nitrogens with one attached hydrogen (secondary N) is 2. The molecule has 6 nitrogen and oxygen atoms in total. The summed E-state index contributed by atoms with van der Waals surface area (Å²) < 4.78 is 13.1. The lowest BCUT2D eigenvalue weighted by atomic mass is 9.92. The van der Waals surface area contributed by atoms with E-state index in [4.69, 9.17) is 0 Å². The van der Waals surface area contributed by atoms with Gasteiger partial charge in [-0.1, -0.05) is 13.8 Å². The Morgan fingerprint density at radius 2 is 2.04 bits per heavy atom. The number of hydrogen-bond acceptors (Lipinski definition) is 3. The molecule has 2 N–H and O–H groups in total. The summed E-state index contributed by atoms with van der Waals surface area (Å²) in [7, 11) is 0. The van der Waals surface area contributed by atoms with E-state index in [0.29, 0.717) is 23.6 Å². The second kappa shape index (κ2) is 7.21. The van der Waals surface area contributed by atoms with Gasteiger partial charge in [0.25, 0.3) is 5.91 Å². The number of halogens is 1. The second-order valence-corrected chi connectivity index (χ2v) is 7.09. The molecule has 1 heterocycles. The van der Waals surface area contributed by atoms with Gasteiger partial charge in [0.1, 0.15) is 17.9 Å². The lowest BCUT2D eigenvalue weighted by Crippen LogP contribution is -2.44. The second-order valence-electron chi connectivity index (χ2n) is 7.09. The van der Waals surface area contributed by atoms with Gasteiger partial charge in [-0.25, -0.2) is 9.18 Å². The predicted octanol–water partition coefficient (Wildman–Crippen LogP) is 2.82. The highest BCUT2D eigenvalue weighted by Gasteiger charge is 2.47. The van der Waals surface area contributed by atoms with Gasteiger partial charge in [0.2, 0.25) is 5.91 Å². The van der Waals surface area contributed by atoms with Crippen molar-refractivity contribution in [3.05, 3.63) is 29.6 Å². The van der Waals surface area contributed by atoms with E-state index in [1.54, 1.807) is 13.8 Å². The number of benzene rings is 1. The summed E-state index contributed by atoms with van der Waals surface area (Å²) in [5.41, 5.74) is 0.0290. The van der Waals surface area contributed by atoms with Crippen LogP contribution in [0.4, 0.5) is 14.9 Å². The van der Waals surface area contributed by atoms with Crippen LogP contribution < -0.4 is 10.6 Å². The number of hydrogen-bond donors (Lipinski definition) is 2. The van der Waals surface area contributed by atoms with Crippen LogP contribution >= 0.6 is 0 Å². The Morgan fingerprint density at radius 3 is 2.64 bits per heavy atom. The topological polar surface area (TPSA) is 78.5 Å². The molecule has 1 aliphatic rings. The highest BCUT2D eigenvalue weighted by molar-refractivity contribution is 6.09. The van der Waals surface area contributed by atoms with Crippen molar-refractivity contribution in [3.8, 4) is 0 Å². The first-order valence-electron chi connectivity index (χ1n) is 8.32. The fourth-order valence-corrected chi connectivity index (χ4v) is 2.74. The number of imide groups is 1. The van der Waals surface area contributed by atoms with Gasteiger partial charge in [-0.3, -0.25) is 14.5 Å². The van der Waals surface area contributed by atoms with E-state index < -0.39 is 29.2 Å². The Morgan fingerprint density at radius 1 is 1.36 bits per heavy atom. The molecule has 0 aromatic heterocycles. The van der Waals surface area contributed by atoms with E-state index in [0.717, 1.165) is 11.3 Å². The van der Waals surface area contributed by atoms with Crippen molar-refractivity contribution in [3.63, 3.8) is 0 Å². The zero-order chi connectivity index (χ0) is 18.8. The summed E-state index contributed by atoms with van der Waals surface area (Å²) in [6.45, 7) is 7.05. The number of amides is 4. The SMILES string of the molecule is Cc1cc(F)ccc1NC(=O)CN1C(=O)N[C@@](C)(CCC(C)C)C1=O. The Balaban J connectivity index is 2.03. The van der Waals surface area contributed by atoms with Crippen LogP contribution in [0.15, 0.2) is 18.2 Å². The van der Waals surface area contributed by atoms with Crippen molar-refractivity contribution in [2.24, 2.45) is 5.92 Å². The van der Waals surface area contributed by atoms with E-state index in [9.17, 15) is 18.8 Å². The highest BCUT2D eigenvalue weighted by Crippen LogP contribution is 2.25. The molecule has 2 rings (SSSR count). The smallest absolute Gasteiger partial charge is 0.324 e. The van der Waals surface area contributed by atoms with E-state index >= 15 is 0 Å². The minimum Gasteiger partial charge on any atom is -0.324 e. The van der Waals surface area contributed by atoms with Crippen LogP contribution in [0.2, 0.25) is 0 Å². The maximum atomic E-state index is 13.1. The standard InChI is InChI=1S/C18H24FN3O3/c1-11(2)7-8-18(4)16(24)22(17(25)21-18)10-15(23)20-14-6-5-13(19)9-12(14)3/h5-6,9,11H,7-8,10H2,1-4H3,(H,20,23)(H,21,25)/t18-/m0/s1. The number of urea groups is 1. The van der Waals surface area contributed by atoms with Crippen molar-refractivity contribution in [1.82, 2.24) is 10.2 Å². The molecule has 0 unspecified atom stereocenters. The van der Waals surface area contributed by atoms with E-state index in [1.807, 2.05) is 13.8 Å². The quantitative estimate of drug-likeness (QED) is 0.775. The molecule has 1 aliphatic heterocycles. The maximum absolute atomic E-state index is 13.1. The Kier molecular flexibility index (Phi) is 5.45. The van der Waals surface area contributed by atoms with Gasteiger partial charge >= 0.3 is 6.03 Å². The molecule has 0 radical (unpaired) electrons. The fourth-order valence-electron chi connectivity index (χ4n) is 2.74. The van der Waals surface area contributed by atoms with Gasteiger partial charge in [-0.05, 0) is 56.4 Å². The zero-order valence-electron chi connectivity index (χ0n) is 15.0. The minimum absolute atomic E-state index is 0.376. The fraction of sp³-hybridized carbons (Fsp3) is 0.500.